The molecule has 1 fully saturated rings. The summed E-state index contributed by atoms with van der Waals surface area (Å²) in [4.78, 5) is 0. The second kappa shape index (κ2) is 76.2. The second-order valence-electron chi connectivity index (χ2n) is 11.3. The van der Waals surface area contributed by atoms with E-state index in [1.807, 2.05) is 0 Å². The molecule has 0 heterocycles. The van der Waals surface area contributed by atoms with Crippen molar-refractivity contribution < 1.29 is 320 Å². The fraction of sp³-hybridized carbons (Fsp3) is 0.200. The molecule has 0 atom stereocenters. The second-order valence-corrected chi connectivity index (χ2v) is 16.0. The number of unbranched alkanes of at least 4 members (excludes halogenated alkanes) is 1. The van der Waals surface area contributed by atoms with Gasteiger partial charge in [-0.3, -0.25) is 0 Å². The van der Waals surface area contributed by atoms with Gasteiger partial charge in [0.25, 0.3) is 0 Å². The first-order valence-electron chi connectivity index (χ1n) is 17.6. The van der Waals surface area contributed by atoms with Crippen molar-refractivity contribution >= 4 is 81.4 Å². The smallest absolute Gasteiger partial charge is 0.121 e. The molecule has 2 aliphatic carbocycles. The summed E-state index contributed by atoms with van der Waals surface area (Å²) in [5.41, 5.74) is 3.30. The minimum atomic E-state index is -3.17. The third-order valence-electron chi connectivity index (χ3n) is 7.06. The van der Waals surface area contributed by atoms with Crippen molar-refractivity contribution in [3.8, 4) is 0 Å². The average Bonchev–Trinajstić information content (AvgIpc) is 3.84. The quantitative estimate of drug-likeness (QED) is 0.0656. The van der Waals surface area contributed by atoms with Gasteiger partial charge in [-0.1, -0.05) is 145 Å². The van der Waals surface area contributed by atoms with Gasteiger partial charge in [-0.15, -0.1) is 0 Å². The van der Waals surface area contributed by atoms with Gasteiger partial charge in [-0.05, 0) is 81.5 Å². The molecule has 38 heteroatoms. The maximum absolute atomic E-state index is 9.89. The van der Waals surface area contributed by atoms with Crippen LogP contribution in [0, 0.1) is 0 Å². The van der Waals surface area contributed by atoms with Crippen molar-refractivity contribution in [3.05, 3.63) is 145 Å². The Morgan fingerprint density at radius 1 is 0.301 bits per heavy atom. The van der Waals surface area contributed by atoms with Crippen molar-refractivity contribution in [1.82, 2.24) is 0 Å². The van der Waals surface area contributed by atoms with Crippen molar-refractivity contribution in [2.24, 2.45) is 0 Å². The first-order valence-corrected chi connectivity index (χ1v) is 20.7. The third kappa shape index (κ3) is 78.3. The van der Waals surface area contributed by atoms with Gasteiger partial charge in [0.2, 0.25) is 0 Å². The van der Waals surface area contributed by atoms with Gasteiger partial charge in [-0.2, -0.15) is 0 Å². The van der Waals surface area contributed by atoms with Crippen molar-refractivity contribution in [1.29, 1.82) is 0 Å². The van der Waals surface area contributed by atoms with Gasteiger partial charge in [0.05, 0.1) is 0 Å². The Morgan fingerprint density at radius 2 is 0.452 bits per heavy atom. The summed E-state index contributed by atoms with van der Waals surface area (Å²) in [6, 6.07) is 44.3. The van der Waals surface area contributed by atoms with Crippen molar-refractivity contribution in [2.75, 3.05) is 12.3 Å². The largest absolute Gasteiger partial charge is 0.867 e. The van der Waals surface area contributed by atoms with Gasteiger partial charge >= 0.3 is 0 Å². The molecular formula is C35H36B6F6O12P2Rh12-12. The number of halogens is 6. The van der Waals surface area contributed by atoms with Crippen molar-refractivity contribution in [2.45, 2.75) is 32.1 Å². The molecule has 0 spiro atoms. The molecule has 2 bridgehead atoms. The summed E-state index contributed by atoms with van der Waals surface area (Å²) in [5, 5.41) is 106. The standard InChI is InChI=1S/C28H28P2.C7H8.6BFO2.12Rh/c1-5-15-25(16-6-1)29(26-17-7-2-8-18-26)23-13-14-24-30(27-19-9-3-10-20-27)28-21-11-4-12-22-28;1-2-7-4-3-6(1)5-7;6*2-1(3)4;;;;;;;;;;;;/h1-12,15-22H,13-14,23-24H2;1-2H,3-5H2;;;;;;;;;;;;;;;;;;/q;;6*-2;;;;;;;;;;;;. The third-order valence-corrected chi connectivity index (χ3v) is 12.3. The van der Waals surface area contributed by atoms with Crippen LogP contribution in [0.1, 0.15) is 32.1 Å². The topological polar surface area (TPSA) is 277 Å². The zero-order valence-corrected chi connectivity index (χ0v) is 57.6. The predicted molar refractivity (Wildman–Crippen MR) is 208 cm³/mol. The van der Waals surface area contributed by atoms with Crippen LogP contribution in [0.2, 0.25) is 0 Å². The van der Waals surface area contributed by atoms with Gasteiger partial charge in [0, 0.05) is 234 Å². The molecule has 2 aliphatic rings. The van der Waals surface area contributed by atoms with E-state index in [1.165, 1.54) is 65.6 Å². The van der Waals surface area contributed by atoms with Crippen LogP contribution in [0.3, 0.4) is 0 Å². The number of benzene rings is 4. The zero-order chi connectivity index (χ0) is 46.6. The molecule has 6 rings (SSSR count). The van der Waals surface area contributed by atoms with Crippen LogP contribution in [-0.4, -0.2) is 56.7 Å². The van der Waals surface area contributed by atoms with Crippen LogP contribution in [0.15, 0.2) is 145 Å². The molecule has 0 aliphatic heterocycles. The Morgan fingerprint density at radius 3 is 0.562 bits per heavy atom. The number of rotatable bonds is 9. The minimum Gasteiger partial charge on any atom is -0.867 e. The summed E-state index contributed by atoms with van der Waals surface area (Å²) in [6.45, 7) is 0. The molecule has 12 radical (unpaired) electrons. The Labute approximate surface area is 582 Å². The van der Waals surface area contributed by atoms with E-state index >= 15 is 0 Å². The normalized spacial score (nSPS) is 9.21. The Kier molecular flexibility index (Phi) is 117. The van der Waals surface area contributed by atoms with E-state index in [1.54, 1.807) is 11.1 Å². The number of hydrogen-bond acceptors (Lipinski definition) is 12. The molecular weight excluding hydrogens is 2090 g/mol. The van der Waals surface area contributed by atoms with E-state index in [2.05, 4.69) is 133 Å². The van der Waals surface area contributed by atoms with Gasteiger partial charge in [-0.25, -0.2) is 0 Å². The predicted octanol–water partition coefficient (Wildman–Crippen LogP) is -5.99. The van der Waals surface area contributed by atoms with Crippen LogP contribution in [0.25, 0.3) is 0 Å². The van der Waals surface area contributed by atoms with E-state index in [4.69, 9.17) is 60.3 Å². The molecule has 0 saturated heterocycles. The molecule has 0 amide bonds. The molecule has 4 aromatic carbocycles. The maximum atomic E-state index is 9.89. The molecule has 12 nitrogen and oxygen atoms in total. The number of hydrogen-bond donors (Lipinski definition) is 0. The molecule has 0 aromatic heterocycles. The monoisotopic (exact) mass is 2130 g/mol. The molecule has 438 valence electrons. The summed E-state index contributed by atoms with van der Waals surface area (Å²) in [6.07, 6.45) is 13.6. The Balaban J connectivity index is -0.0000000565. The van der Waals surface area contributed by atoms with E-state index in [0.717, 1.165) is 0 Å². The summed E-state index contributed by atoms with van der Waals surface area (Å²) in [5.74, 6) is 0. The zero-order valence-electron chi connectivity index (χ0n) is 36.2. The SMILES string of the molecule is C1=C2CCC(=C1)C2.[O-]B([O-])F.[O-]B([O-])F.[O-]B([O-])F.[O-]B([O-])F.[O-]B([O-])F.[O-]B([O-])F.[Rh].[Rh].[Rh].[Rh].[Rh].[Rh].[Rh].[Rh].[Rh].[Rh].[Rh].[Rh].c1ccc(P(CCCCP(c2ccccc2)c2ccccc2)c2ccccc2)cc1. The van der Waals surface area contributed by atoms with Gasteiger partial charge in [0.15, 0.2) is 0 Å². The van der Waals surface area contributed by atoms with Crippen LogP contribution in [0.5, 0.6) is 0 Å². The van der Waals surface area contributed by atoms with Crippen molar-refractivity contribution in [3.63, 3.8) is 0 Å². The maximum Gasteiger partial charge on any atom is 0.121 e. The number of fused-ring (bicyclic) bond motifs is 2. The summed E-state index contributed by atoms with van der Waals surface area (Å²) < 4.78 is 59.3. The van der Waals surface area contributed by atoms with Gasteiger partial charge in [0.1, 0.15) is 44.4 Å². The summed E-state index contributed by atoms with van der Waals surface area (Å²) in [7, 11) is -19.6. The Bertz CT molecular complexity index is 1460. The number of allylic oxidation sites excluding steroid dienone is 4. The van der Waals surface area contributed by atoms with Gasteiger partial charge < -0.3 is 86.2 Å². The van der Waals surface area contributed by atoms with Crippen LogP contribution >= 0.6 is 15.8 Å². The molecule has 4 aromatic rings. The van der Waals surface area contributed by atoms with Crippen LogP contribution in [-0.2, 0) is 234 Å². The first kappa shape index (κ1) is 112. The summed E-state index contributed by atoms with van der Waals surface area (Å²) >= 11 is 0. The minimum absolute atomic E-state index is 0. The average molecular weight is 2120 g/mol. The molecule has 1 saturated carbocycles. The first-order chi connectivity index (χ1) is 28.8. The fourth-order valence-electron chi connectivity index (χ4n) is 5.10. The van der Waals surface area contributed by atoms with E-state index in [0.29, 0.717) is 0 Å². The fourth-order valence-corrected chi connectivity index (χ4v) is 9.93. The van der Waals surface area contributed by atoms with E-state index in [-0.39, 0.29) is 250 Å². The molecule has 73 heavy (non-hydrogen) atoms. The molecule has 0 N–H and O–H groups in total. The van der Waals surface area contributed by atoms with E-state index < -0.39 is 44.4 Å². The molecule has 0 unspecified atom stereocenters. The van der Waals surface area contributed by atoms with E-state index in [9.17, 15) is 25.9 Å². The Hall–Kier alpha value is 4.19. The van der Waals surface area contributed by atoms with Crippen LogP contribution < -0.4 is 81.5 Å². The van der Waals surface area contributed by atoms with Crippen LogP contribution in [0.4, 0.5) is 25.9 Å².